The summed E-state index contributed by atoms with van der Waals surface area (Å²) in [7, 11) is 1.53. The summed E-state index contributed by atoms with van der Waals surface area (Å²) >= 11 is 6.28. The zero-order valence-electron chi connectivity index (χ0n) is 20.1. The molecule has 0 fully saturated rings. The number of aromatic nitrogens is 3. The Balaban J connectivity index is 1.83. The van der Waals surface area contributed by atoms with Gasteiger partial charge in [-0.3, -0.25) is 14.2 Å². The molecule has 0 aliphatic heterocycles. The van der Waals surface area contributed by atoms with Gasteiger partial charge in [-0.05, 0) is 54.8 Å². The molecular weight excluding hydrogens is 480 g/mol. The van der Waals surface area contributed by atoms with Gasteiger partial charge in [0.1, 0.15) is 5.75 Å². The van der Waals surface area contributed by atoms with E-state index in [9.17, 15) is 14.4 Å². The first-order chi connectivity index (χ1) is 17.3. The largest absolute Gasteiger partial charge is 0.497 e. The van der Waals surface area contributed by atoms with Crippen molar-refractivity contribution >= 4 is 17.5 Å². The number of halogens is 1. The zero-order valence-corrected chi connectivity index (χ0v) is 20.8. The lowest BCUT2D eigenvalue weighted by Gasteiger charge is -2.16. The van der Waals surface area contributed by atoms with Crippen LogP contribution in [0.5, 0.6) is 5.75 Å². The van der Waals surface area contributed by atoms with Crippen LogP contribution in [0.4, 0.5) is 0 Å². The quantitative estimate of drug-likeness (QED) is 0.412. The molecule has 9 heteroatoms. The highest BCUT2D eigenvalue weighted by Crippen LogP contribution is 2.18. The molecule has 4 aromatic rings. The van der Waals surface area contributed by atoms with E-state index >= 15 is 0 Å². The fraction of sp³-hybridized carbons (Fsp3) is 0.185. The van der Waals surface area contributed by atoms with E-state index in [0.717, 1.165) is 20.4 Å². The van der Waals surface area contributed by atoms with Gasteiger partial charge in [-0.25, -0.2) is 4.79 Å². The van der Waals surface area contributed by atoms with Gasteiger partial charge in [0.2, 0.25) is 5.69 Å². The van der Waals surface area contributed by atoms with Crippen LogP contribution >= 0.6 is 11.6 Å². The van der Waals surface area contributed by atoms with Crippen molar-refractivity contribution in [3.05, 3.63) is 121 Å². The minimum absolute atomic E-state index is 0.0779. The lowest BCUT2D eigenvalue weighted by atomic mass is 10.1. The number of nitrogens with zero attached hydrogens (tertiary/aromatic N) is 3. The Morgan fingerprint density at radius 3 is 2.50 bits per heavy atom. The van der Waals surface area contributed by atoms with Crippen LogP contribution in [0.1, 0.15) is 40.1 Å². The lowest BCUT2D eigenvalue weighted by Crippen LogP contribution is -2.46. The van der Waals surface area contributed by atoms with E-state index in [2.05, 4.69) is 10.4 Å². The van der Waals surface area contributed by atoms with Crippen LogP contribution in [0.25, 0.3) is 5.69 Å². The van der Waals surface area contributed by atoms with Crippen LogP contribution in [-0.2, 0) is 6.54 Å². The Labute approximate surface area is 212 Å². The second-order valence-corrected chi connectivity index (χ2v) is 8.73. The molecule has 36 heavy (non-hydrogen) atoms. The minimum atomic E-state index is -0.796. The highest BCUT2D eigenvalue weighted by atomic mass is 35.5. The smallest absolute Gasteiger partial charge is 0.352 e. The second kappa shape index (κ2) is 10.6. The highest BCUT2D eigenvalue weighted by Gasteiger charge is 2.22. The van der Waals surface area contributed by atoms with Crippen LogP contribution in [0.2, 0.25) is 5.02 Å². The van der Waals surface area contributed by atoms with E-state index in [-0.39, 0.29) is 12.6 Å². The van der Waals surface area contributed by atoms with Gasteiger partial charge in [0.05, 0.1) is 25.4 Å². The summed E-state index contributed by atoms with van der Waals surface area (Å²) in [6.45, 7) is 3.55. The molecule has 184 valence electrons. The summed E-state index contributed by atoms with van der Waals surface area (Å²) in [4.78, 5) is 40.0. The third-order valence-corrected chi connectivity index (χ3v) is 6.20. The van der Waals surface area contributed by atoms with Gasteiger partial charge in [-0.1, -0.05) is 60.1 Å². The van der Waals surface area contributed by atoms with Gasteiger partial charge in [-0.15, -0.1) is 0 Å². The number of ether oxygens (including phenoxy) is 1. The molecular formula is C27H25ClN4O4. The van der Waals surface area contributed by atoms with Crippen LogP contribution in [-0.4, -0.2) is 27.4 Å². The van der Waals surface area contributed by atoms with Crippen molar-refractivity contribution in [3.63, 3.8) is 0 Å². The van der Waals surface area contributed by atoms with Crippen molar-refractivity contribution in [1.82, 2.24) is 19.7 Å². The molecule has 0 saturated carbocycles. The van der Waals surface area contributed by atoms with Crippen LogP contribution in [0, 0.1) is 6.92 Å². The van der Waals surface area contributed by atoms with Crippen LogP contribution in [0.3, 0.4) is 0 Å². The molecule has 0 aliphatic rings. The number of methoxy groups -OCH3 is 1. The Morgan fingerprint density at radius 1 is 1.06 bits per heavy atom. The first kappa shape index (κ1) is 24.9. The van der Waals surface area contributed by atoms with E-state index in [0.29, 0.717) is 22.0 Å². The number of carbonyl (C=O) groups excluding carboxylic acids is 1. The summed E-state index contributed by atoms with van der Waals surface area (Å²) in [6, 6.07) is 20.9. The van der Waals surface area contributed by atoms with Crippen molar-refractivity contribution in [2.24, 2.45) is 0 Å². The van der Waals surface area contributed by atoms with Crippen LogP contribution < -0.4 is 21.3 Å². The van der Waals surface area contributed by atoms with Gasteiger partial charge in [0.25, 0.3) is 11.5 Å². The normalized spacial score (nSPS) is 11.7. The molecule has 1 aromatic heterocycles. The molecule has 0 radical (unpaired) electrons. The Bertz CT molecular complexity index is 1530. The van der Waals surface area contributed by atoms with E-state index in [1.54, 1.807) is 49.4 Å². The second-order valence-electron chi connectivity index (χ2n) is 8.33. The van der Waals surface area contributed by atoms with E-state index in [4.69, 9.17) is 16.3 Å². The summed E-state index contributed by atoms with van der Waals surface area (Å²) in [5.74, 6) is -0.113. The first-order valence-corrected chi connectivity index (χ1v) is 11.7. The molecule has 8 nitrogen and oxygen atoms in total. The van der Waals surface area contributed by atoms with Gasteiger partial charge in [0.15, 0.2) is 0 Å². The average Bonchev–Trinajstić information content (AvgIpc) is 2.89. The van der Waals surface area contributed by atoms with Gasteiger partial charge >= 0.3 is 5.69 Å². The third kappa shape index (κ3) is 5.23. The number of amides is 1. The molecule has 0 unspecified atom stereocenters. The molecule has 1 atom stereocenters. The standard InChI is InChI=1S/C27H25ClN4O4/c1-17-12-13-21(15-23(17)28)32-27(35)31(16-19-8-7-11-22(14-19)36-3)26(34)24(30-32)25(33)29-18(2)20-9-5-4-6-10-20/h4-15,18H,16H2,1-3H3,(H,29,33)/t18-/m0/s1. The molecule has 1 heterocycles. The predicted octanol–water partition coefficient (Wildman–Crippen LogP) is 3.90. The van der Waals surface area contributed by atoms with Crippen LogP contribution in [0.15, 0.2) is 82.4 Å². The summed E-state index contributed by atoms with van der Waals surface area (Å²) in [6.07, 6.45) is 0. The maximum atomic E-state index is 13.4. The molecule has 1 N–H and O–H groups in total. The molecule has 1 amide bonds. The summed E-state index contributed by atoms with van der Waals surface area (Å²) < 4.78 is 7.26. The maximum absolute atomic E-state index is 13.4. The average molecular weight is 505 g/mol. The predicted molar refractivity (Wildman–Crippen MR) is 138 cm³/mol. The monoisotopic (exact) mass is 504 g/mol. The lowest BCUT2D eigenvalue weighted by molar-refractivity contribution is 0.0930. The first-order valence-electron chi connectivity index (χ1n) is 11.3. The molecule has 0 spiro atoms. The van der Waals surface area contributed by atoms with E-state index in [1.807, 2.05) is 37.3 Å². The van der Waals surface area contributed by atoms with Crippen molar-refractivity contribution < 1.29 is 9.53 Å². The SMILES string of the molecule is COc1cccc(Cn2c(=O)c(C(=O)N[C@@H](C)c3ccccc3)nn(-c3ccc(C)c(Cl)c3)c2=O)c1. The Hall–Kier alpha value is -4.17. The number of aryl methyl sites for hydroxylation is 1. The van der Waals surface area contributed by atoms with E-state index < -0.39 is 22.9 Å². The van der Waals surface area contributed by atoms with Gasteiger partial charge in [0, 0.05) is 5.02 Å². The Kier molecular flexibility index (Phi) is 7.36. The number of carbonyl (C=O) groups is 1. The molecule has 0 saturated heterocycles. The highest BCUT2D eigenvalue weighted by molar-refractivity contribution is 6.31. The number of benzene rings is 3. The van der Waals surface area contributed by atoms with Gasteiger partial charge < -0.3 is 10.1 Å². The molecule has 0 aliphatic carbocycles. The van der Waals surface area contributed by atoms with Crippen molar-refractivity contribution in [1.29, 1.82) is 0 Å². The number of hydrogen-bond donors (Lipinski definition) is 1. The summed E-state index contributed by atoms with van der Waals surface area (Å²) in [5, 5.41) is 7.40. The molecule has 0 bridgehead atoms. The fourth-order valence-corrected chi connectivity index (χ4v) is 3.90. The summed E-state index contributed by atoms with van der Waals surface area (Å²) in [5.41, 5.74) is 0.758. The number of nitrogens with one attached hydrogen (secondary N) is 1. The fourth-order valence-electron chi connectivity index (χ4n) is 3.72. The third-order valence-electron chi connectivity index (χ3n) is 5.80. The van der Waals surface area contributed by atoms with Gasteiger partial charge in [-0.2, -0.15) is 9.78 Å². The molecule has 4 rings (SSSR count). The minimum Gasteiger partial charge on any atom is -0.497 e. The number of rotatable bonds is 7. The van der Waals surface area contributed by atoms with Crippen molar-refractivity contribution in [3.8, 4) is 11.4 Å². The number of hydrogen-bond acceptors (Lipinski definition) is 5. The van der Waals surface area contributed by atoms with E-state index in [1.165, 1.54) is 7.11 Å². The van der Waals surface area contributed by atoms with Crippen molar-refractivity contribution in [2.75, 3.05) is 7.11 Å². The maximum Gasteiger partial charge on any atom is 0.352 e. The zero-order chi connectivity index (χ0) is 25.8. The topological polar surface area (TPSA) is 95.2 Å². The van der Waals surface area contributed by atoms with Crippen molar-refractivity contribution in [2.45, 2.75) is 26.4 Å². The Morgan fingerprint density at radius 2 is 1.81 bits per heavy atom. The molecule has 3 aromatic carbocycles.